The lowest BCUT2D eigenvalue weighted by atomic mass is 9.75. The summed E-state index contributed by atoms with van der Waals surface area (Å²) in [7, 11) is 0. The Hall–Kier alpha value is -0.660. The van der Waals surface area contributed by atoms with E-state index in [1.807, 2.05) is 0 Å². The van der Waals surface area contributed by atoms with E-state index in [-0.39, 0.29) is 11.8 Å². The van der Waals surface area contributed by atoms with Crippen LogP contribution in [0.3, 0.4) is 0 Å². The first-order valence-electron chi connectivity index (χ1n) is 6.81. The molecule has 0 aromatic heterocycles. The molecule has 0 heterocycles. The van der Waals surface area contributed by atoms with Gasteiger partial charge in [-0.05, 0) is 37.5 Å². The fourth-order valence-corrected chi connectivity index (χ4v) is 4.23. The molecule has 3 aliphatic carbocycles. The maximum absolute atomic E-state index is 12.2. The number of fused-ring (bicyclic) bond motifs is 2. The standard InChI is InChI=1S/C14H20O2/c15-13-8-10-4-2-6-12(10)14(16)7-9-3-1-5-11(9)13/h9-12H,1-8H2/t9-,10-,11-,12+/m1/s1. The molecule has 0 unspecified atom stereocenters. The highest BCUT2D eigenvalue weighted by atomic mass is 16.1. The van der Waals surface area contributed by atoms with E-state index in [4.69, 9.17) is 0 Å². The van der Waals surface area contributed by atoms with Crippen LogP contribution in [-0.4, -0.2) is 11.6 Å². The third kappa shape index (κ3) is 1.63. The molecular formula is C14H20O2. The number of carbonyl (C=O) groups excluding carboxylic acids is 2. The van der Waals surface area contributed by atoms with Gasteiger partial charge >= 0.3 is 0 Å². The molecule has 0 saturated heterocycles. The van der Waals surface area contributed by atoms with Gasteiger partial charge in [0.25, 0.3) is 0 Å². The maximum atomic E-state index is 12.2. The second-order valence-corrected chi connectivity index (χ2v) is 5.94. The van der Waals surface area contributed by atoms with E-state index >= 15 is 0 Å². The molecule has 0 spiro atoms. The van der Waals surface area contributed by atoms with Gasteiger partial charge in [0, 0.05) is 24.7 Å². The second-order valence-electron chi connectivity index (χ2n) is 5.94. The molecule has 0 amide bonds. The van der Waals surface area contributed by atoms with Crippen molar-refractivity contribution < 1.29 is 9.59 Å². The molecule has 2 heteroatoms. The zero-order valence-electron chi connectivity index (χ0n) is 9.78. The summed E-state index contributed by atoms with van der Waals surface area (Å²) in [4.78, 5) is 24.4. The van der Waals surface area contributed by atoms with Crippen LogP contribution in [0.2, 0.25) is 0 Å². The molecule has 3 rings (SSSR count). The van der Waals surface area contributed by atoms with Crippen molar-refractivity contribution in [3.8, 4) is 0 Å². The second kappa shape index (κ2) is 3.97. The average Bonchev–Trinajstić information content (AvgIpc) is 2.84. The van der Waals surface area contributed by atoms with Crippen LogP contribution in [0.1, 0.15) is 51.4 Å². The lowest BCUT2D eigenvalue weighted by molar-refractivity contribution is -0.131. The molecule has 3 saturated carbocycles. The van der Waals surface area contributed by atoms with Gasteiger partial charge in [0.15, 0.2) is 0 Å². The first-order valence-corrected chi connectivity index (χ1v) is 6.81. The van der Waals surface area contributed by atoms with E-state index in [1.165, 1.54) is 0 Å². The molecule has 2 nitrogen and oxygen atoms in total. The van der Waals surface area contributed by atoms with Crippen molar-refractivity contribution in [2.45, 2.75) is 51.4 Å². The summed E-state index contributed by atoms with van der Waals surface area (Å²) in [5.74, 6) is 2.25. The summed E-state index contributed by atoms with van der Waals surface area (Å²) in [5, 5.41) is 0. The zero-order chi connectivity index (χ0) is 11.1. The van der Waals surface area contributed by atoms with Crippen molar-refractivity contribution in [3.05, 3.63) is 0 Å². The maximum Gasteiger partial charge on any atom is 0.136 e. The minimum Gasteiger partial charge on any atom is -0.299 e. The third-order valence-electron chi connectivity index (χ3n) is 5.07. The molecule has 0 N–H and O–H groups in total. The zero-order valence-corrected chi connectivity index (χ0v) is 9.78. The Labute approximate surface area is 96.8 Å². The Morgan fingerprint density at radius 2 is 1.12 bits per heavy atom. The van der Waals surface area contributed by atoms with Gasteiger partial charge in [-0.1, -0.05) is 12.8 Å². The summed E-state index contributed by atoms with van der Waals surface area (Å²) in [6, 6.07) is 0. The van der Waals surface area contributed by atoms with Crippen LogP contribution in [0.25, 0.3) is 0 Å². The minimum absolute atomic E-state index is 0.241. The van der Waals surface area contributed by atoms with Gasteiger partial charge in [0.05, 0.1) is 0 Å². The molecule has 3 aliphatic rings. The molecule has 4 atom stereocenters. The topological polar surface area (TPSA) is 34.1 Å². The van der Waals surface area contributed by atoms with E-state index in [0.29, 0.717) is 36.2 Å². The Morgan fingerprint density at radius 1 is 0.688 bits per heavy atom. The van der Waals surface area contributed by atoms with E-state index < -0.39 is 0 Å². The highest BCUT2D eigenvalue weighted by molar-refractivity contribution is 5.88. The van der Waals surface area contributed by atoms with Gasteiger partial charge in [-0.2, -0.15) is 0 Å². The first kappa shape index (κ1) is 10.5. The highest BCUT2D eigenvalue weighted by Crippen LogP contribution is 2.44. The van der Waals surface area contributed by atoms with Crippen molar-refractivity contribution in [2.24, 2.45) is 23.7 Å². The van der Waals surface area contributed by atoms with E-state index in [0.717, 1.165) is 38.5 Å². The third-order valence-corrected chi connectivity index (χ3v) is 5.07. The molecule has 3 fully saturated rings. The van der Waals surface area contributed by atoms with Gasteiger partial charge < -0.3 is 0 Å². The predicted molar refractivity (Wildman–Crippen MR) is 60.9 cm³/mol. The minimum atomic E-state index is 0.241. The summed E-state index contributed by atoms with van der Waals surface area (Å²) in [5.41, 5.74) is 0. The summed E-state index contributed by atoms with van der Waals surface area (Å²) in [6.07, 6.45) is 8.05. The molecule has 16 heavy (non-hydrogen) atoms. The number of Topliss-reactive ketones (excluding diaryl/α,β-unsaturated/α-hetero) is 2. The number of carbonyl (C=O) groups is 2. The van der Waals surface area contributed by atoms with Crippen LogP contribution in [0.15, 0.2) is 0 Å². The Morgan fingerprint density at radius 3 is 1.56 bits per heavy atom. The molecule has 0 aromatic carbocycles. The smallest absolute Gasteiger partial charge is 0.136 e. The lowest BCUT2D eigenvalue weighted by Crippen LogP contribution is -2.32. The SMILES string of the molecule is O=C1C[C@H]2CCC[C@H]2C(=O)C[C@H]2CCC[C@H]12. The predicted octanol–water partition coefficient (Wildman–Crippen LogP) is 2.75. The largest absolute Gasteiger partial charge is 0.299 e. The van der Waals surface area contributed by atoms with Crippen LogP contribution >= 0.6 is 0 Å². The fourth-order valence-electron chi connectivity index (χ4n) is 4.23. The van der Waals surface area contributed by atoms with Crippen molar-refractivity contribution >= 4 is 11.6 Å². The number of hydrogen-bond acceptors (Lipinski definition) is 2. The van der Waals surface area contributed by atoms with Gasteiger partial charge in [-0.3, -0.25) is 9.59 Å². The van der Waals surface area contributed by atoms with Gasteiger partial charge in [-0.15, -0.1) is 0 Å². The van der Waals surface area contributed by atoms with E-state index in [9.17, 15) is 9.59 Å². The van der Waals surface area contributed by atoms with Crippen LogP contribution in [0.5, 0.6) is 0 Å². The average molecular weight is 220 g/mol. The molecule has 0 bridgehead atoms. The van der Waals surface area contributed by atoms with E-state index in [1.54, 1.807) is 0 Å². The molecule has 0 radical (unpaired) electrons. The molecule has 0 aromatic rings. The molecule has 88 valence electrons. The normalized spacial score (nSPS) is 43.8. The Balaban J connectivity index is 1.84. The van der Waals surface area contributed by atoms with Crippen molar-refractivity contribution in [1.29, 1.82) is 0 Å². The number of ketones is 2. The van der Waals surface area contributed by atoms with Gasteiger partial charge in [0.2, 0.25) is 0 Å². The highest BCUT2D eigenvalue weighted by Gasteiger charge is 2.42. The Kier molecular flexibility index (Phi) is 2.61. The number of rotatable bonds is 0. The van der Waals surface area contributed by atoms with Gasteiger partial charge in [0.1, 0.15) is 11.6 Å². The summed E-state index contributed by atoms with van der Waals surface area (Å²) < 4.78 is 0. The van der Waals surface area contributed by atoms with Crippen LogP contribution in [0, 0.1) is 23.7 Å². The van der Waals surface area contributed by atoms with Crippen molar-refractivity contribution in [2.75, 3.05) is 0 Å². The molecule has 0 aliphatic heterocycles. The van der Waals surface area contributed by atoms with Crippen molar-refractivity contribution in [1.82, 2.24) is 0 Å². The number of hydrogen-bond donors (Lipinski definition) is 0. The summed E-state index contributed by atoms with van der Waals surface area (Å²) >= 11 is 0. The monoisotopic (exact) mass is 220 g/mol. The van der Waals surface area contributed by atoms with Gasteiger partial charge in [-0.25, -0.2) is 0 Å². The molecular weight excluding hydrogens is 200 g/mol. The van der Waals surface area contributed by atoms with Crippen LogP contribution in [-0.2, 0) is 9.59 Å². The first-order chi connectivity index (χ1) is 7.75. The Bertz CT molecular complexity index is 289. The van der Waals surface area contributed by atoms with Crippen molar-refractivity contribution in [3.63, 3.8) is 0 Å². The van der Waals surface area contributed by atoms with Crippen LogP contribution in [0.4, 0.5) is 0 Å². The van der Waals surface area contributed by atoms with E-state index in [2.05, 4.69) is 0 Å². The lowest BCUT2D eigenvalue weighted by Gasteiger charge is -2.27. The summed E-state index contributed by atoms with van der Waals surface area (Å²) in [6.45, 7) is 0. The fraction of sp³-hybridized carbons (Fsp3) is 0.857. The van der Waals surface area contributed by atoms with Crippen LogP contribution < -0.4 is 0 Å². The quantitative estimate of drug-likeness (QED) is 0.629.